The number of furan rings is 1. The van der Waals surface area contributed by atoms with Gasteiger partial charge < -0.3 is 8.98 Å². The van der Waals surface area contributed by atoms with Gasteiger partial charge >= 0.3 is 0 Å². The predicted molar refractivity (Wildman–Crippen MR) is 210 cm³/mol. The highest BCUT2D eigenvalue weighted by atomic mass is 16.3. The van der Waals surface area contributed by atoms with Gasteiger partial charge in [-0.2, -0.15) is 0 Å². The smallest absolute Gasteiger partial charge is 0.160 e. The Morgan fingerprint density at radius 1 is 0.510 bits per heavy atom. The van der Waals surface area contributed by atoms with Gasteiger partial charge in [-0.15, -0.1) is 0 Å². The molecule has 4 nitrogen and oxygen atoms in total. The quantitative estimate of drug-likeness (QED) is 0.191. The van der Waals surface area contributed by atoms with Crippen LogP contribution < -0.4 is 0 Å². The summed E-state index contributed by atoms with van der Waals surface area (Å²) >= 11 is 0. The standard InChI is InChI=1S/C47H31N3O/c1-47(2)41-33(34-25-27-36-32-15-8-11-19-40(32)51-45(36)42(34)47)24-26-35-31-14-7-10-18-39(31)50(44(35)41)30-22-20-29(21-23-30)46-48-38-17-9-6-16-37(38)43(49-46)28-12-4-3-5-13-28/h3-27H,1-2H3. The van der Waals surface area contributed by atoms with Crippen molar-refractivity contribution in [3.63, 3.8) is 0 Å². The number of rotatable bonds is 3. The minimum absolute atomic E-state index is 0.309. The molecule has 3 heterocycles. The lowest BCUT2D eigenvalue weighted by atomic mass is 9.81. The minimum atomic E-state index is -0.309. The molecular formula is C47H31N3O. The molecule has 0 amide bonds. The van der Waals surface area contributed by atoms with Crippen LogP contribution in [0, 0.1) is 0 Å². The van der Waals surface area contributed by atoms with Crippen molar-refractivity contribution in [2.75, 3.05) is 0 Å². The third-order valence-electron chi connectivity index (χ3n) is 11.0. The topological polar surface area (TPSA) is 43.9 Å². The van der Waals surface area contributed by atoms with Crippen molar-refractivity contribution in [1.82, 2.24) is 14.5 Å². The fraction of sp³-hybridized carbons (Fsp3) is 0.0638. The Labute approximate surface area is 294 Å². The molecule has 0 atom stereocenters. The van der Waals surface area contributed by atoms with E-state index in [0.717, 1.165) is 50.0 Å². The number of para-hydroxylation sites is 3. The fourth-order valence-electron chi connectivity index (χ4n) is 8.72. The van der Waals surface area contributed by atoms with E-state index >= 15 is 0 Å². The molecule has 0 saturated carbocycles. The van der Waals surface area contributed by atoms with E-state index in [1.54, 1.807) is 0 Å². The predicted octanol–water partition coefficient (Wildman–Crippen LogP) is 12.3. The van der Waals surface area contributed by atoms with Crippen LogP contribution in [0.3, 0.4) is 0 Å². The molecule has 0 radical (unpaired) electrons. The zero-order valence-corrected chi connectivity index (χ0v) is 28.2. The van der Waals surface area contributed by atoms with Gasteiger partial charge in [0.05, 0.1) is 22.2 Å². The summed E-state index contributed by atoms with van der Waals surface area (Å²) in [7, 11) is 0. The molecule has 0 bridgehead atoms. The summed E-state index contributed by atoms with van der Waals surface area (Å²) in [5, 5.41) is 5.87. The number of benzene rings is 7. The molecule has 1 aliphatic carbocycles. The monoisotopic (exact) mass is 653 g/mol. The summed E-state index contributed by atoms with van der Waals surface area (Å²) in [6.45, 7) is 4.71. The minimum Gasteiger partial charge on any atom is -0.456 e. The van der Waals surface area contributed by atoms with Gasteiger partial charge in [0.25, 0.3) is 0 Å². The number of aromatic nitrogens is 3. The molecule has 3 aromatic heterocycles. The van der Waals surface area contributed by atoms with Crippen molar-refractivity contribution in [3.8, 4) is 39.5 Å². The van der Waals surface area contributed by atoms with Gasteiger partial charge in [-0.1, -0.05) is 117 Å². The molecule has 51 heavy (non-hydrogen) atoms. The highest BCUT2D eigenvalue weighted by molar-refractivity contribution is 6.15. The first-order valence-electron chi connectivity index (χ1n) is 17.5. The second kappa shape index (κ2) is 10.3. The Morgan fingerprint density at radius 3 is 2.00 bits per heavy atom. The molecule has 1 aliphatic rings. The summed E-state index contributed by atoms with van der Waals surface area (Å²) in [4.78, 5) is 10.2. The Kier molecular flexibility index (Phi) is 5.70. The van der Waals surface area contributed by atoms with Gasteiger partial charge in [0.15, 0.2) is 5.82 Å². The zero-order valence-electron chi connectivity index (χ0n) is 28.2. The normalized spacial score (nSPS) is 13.5. The van der Waals surface area contributed by atoms with E-state index in [2.05, 4.69) is 146 Å². The number of hydrogen-bond donors (Lipinski definition) is 0. The van der Waals surface area contributed by atoms with Gasteiger partial charge in [0.1, 0.15) is 11.2 Å². The van der Waals surface area contributed by atoms with Crippen LogP contribution in [-0.4, -0.2) is 14.5 Å². The first-order chi connectivity index (χ1) is 25.1. The molecular weight excluding hydrogens is 623 g/mol. The lowest BCUT2D eigenvalue weighted by molar-refractivity contribution is 0.621. The number of fused-ring (bicyclic) bond motifs is 12. The SMILES string of the molecule is CC1(C)c2c(ccc3c2oc2ccccc23)-c2ccc3c4ccccc4n(-c4ccc(-c5nc(-c6ccccc6)c6ccccc6n5)cc4)c3c21. The Balaban J connectivity index is 1.12. The van der Waals surface area contributed by atoms with Crippen molar-refractivity contribution in [1.29, 1.82) is 0 Å². The highest BCUT2D eigenvalue weighted by Crippen LogP contribution is 2.55. The Hall–Kier alpha value is -6.52. The lowest BCUT2D eigenvalue weighted by Crippen LogP contribution is -2.17. The average molecular weight is 654 g/mol. The van der Waals surface area contributed by atoms with Gasteiger partial charge in [-0.05, 0) is 65.2 Å². The number of hydrogen-bond acceptors (Lipinski definition) is 3. The Bertz CT molecular complexity index is 3040. The molecule has 0 aliphatic heterocycles. The van der Waals surface area contributed by atoms with E-state index in [4.69, 9.17) is 14.4 Å². The third kappa shape index (κ3) is 3.90. The third-order valence-corrected chi connectivity index (χ3v) is 11.0. The molecule has 240 valence electrons. The van der Waals surface area contributed by atoms with Crippen molar-refractivity contribution >= 4 is 54.6 Å². The molecule has 0 saturated heterocycles. The van der Waals surface area contributed by atoms with Crippen LogP contribution in [0.25, 0.3) is 94.1 Å². The van der Waals surface area contributed by atoms with Gasteiger partial charge in [-0.25, -0.2) is 9.97 Å². The second-order valence-electron chi connectivity index (χ2n) is 14.2. The van der Waals surface area contributed by atoms with E-state index in [1.165, 1.54) is 49.4 Å². The number of nitrogens with zero attached hydrogens (tertiary/aromatic N) is 3. The summed E-state index contributed by atoms with van der Waals surface area (Å²) in [6.07, 6.45) is 0. The molecule has 0 fully saturated rings. The summed E-state index contributed by atoms with van der Waals surface area (Å²) in [5.74, 6) is 0.716. The van der Waals surface area contributed by atoms with Crippen molar-refractivity contribution < 1.29 is 4.42 Å². The van der Waals surface area contributed by atoms with Crippen LogP contribution in [0.15, 0.2) is 156 Å². The second-order valence-corrected chi connectivity index (χ2v) is 14.2. The van der Waals surface area contributed by atoms with Crippen molar-refractivity contribution in [2.24, 2.45) is 0 Å². The molecule has 11 rings (SSSR count). The highest BCUT2D eigenvalue weighted by Gasteiger charge is 2.41. The van der Waals surface area contributed by atoms with Crippen LogP contribution in [-0.2, 0) is 5.41 Å². The van der Waals surface area contributed by atoms with E-state index in [9.17, 15) is 0 Å². The lowest BCUT2D eigenvalue weighted by Gasteiger charge is -2.24. The Morgan fingerprint density at radius 2 is 1.18 bits per heavy atom. The average Bonchev–Trinajstić information content (AvgIpc) is 3.80. The van der Waals surface area contributed by atoms with Crippen LogP contribution >= 0.6 is 0 Å². The summed E-state index contributed by atoms with van der Waals surface area (Å²) in [5.41, 5.74) is 14.2. The first kappa shape index (κ1) is 28.3. The molecule has 0 N–H and O–H groups in total. The maximum atomic E-state index is 6.65. The zero-order chi connectivity index (χ0) is 33.8. The van der Waals surface area contributed by atoms with Crippen LogP contribution in [0.2, 0.25) is 0 Å². The van der Waals surface area contributed by atoms with Crippen LogP contribution in [0.5, 0.6) is 0 Å². The van der Waals surface area contributed by atoms with Gasteiger partial charge in [0, 0.05) is 54.7 Å². The van der Waals surface area contributed by atoms with Crippen molar-refractivity contribution in [2.45, 2.75) is 19.3 Å². The molecule has 10 aromatic rings. The maximum absolute atomic E-state index is 6.65. The fourth-order valence-corrected chi connectivity index (χ4v) is 8.72. The van der Waals surface area contributed by atoms with Crippen LogP contribution in [0.4, 0.5) is 0 Å². The largest absolute Gasteiger partial charge is 0.456 e. The van der Waals surface area contributed by atoms with E-state index in [-0.39, 0.29) is 5.41 Å². The molecule has 0 spiro atoms. The van der Waals surface area contributed by atoms with E-state index < -0.39 is 0 Å². The van der Waals surface area contributed by atoms with E-state index in [0.29, 0.717) is 5.82 Å². The summed E-state index contributed by atoms with van der Waals surface area (Å²) < 4.78 is 9.10. The van der Waals surface area contributed by atoms with E-state index in [1.807, 2.05) is 24.3 Å². The van der Waals surface area contributed by atoms with Crippen molar-refractivity contribution in [3.05, 3.63) is 163 Å². The van der Waals surface area contributed by atoms with Gasteiger partial charge in [-0.3, -0.25) is 0 Å². The molecule has 7 aromatic carbocycles. The molecule has 4 heteroatoms. The first-order valence-corrected chi connectivity index (χ1v) is 17.5. The maximum Gasteiger partial charge on any atom is 0.160 e. The van der Waals surface area contributed by atoms with Crippen LogP contribution in [0.1, 0.15) is 25.0 Å². The molecule has 0 unspecified atom stereocenters. The summed E-state index contributed by atoms with van der Waals surface area (Å²) in [6, 6.07) is 53.7. The van der Waals surface area contributed by atoms with Gasteiger partial charge in [0.2, 0.25) is 0 Å².